The molecule has 2 rings (SSSR count). The first kappa shape index (κ1) is 26.4. The van der Waals surface area contributed by atoms with E-state index in [0.717, 1.165) is 0 Å². The zero-order valence-corrected chi connectivity index (χ0v) is 17.4. The van der Waals surface area contributed by atoms with E-state index in [4.69, 9.17) is 4.78 Å². The van der Waals surface area contributed by atoms with Crippen LogP contribution in [-0.4, -0.2) is 11.9 Å². The number of hydrogen-bond acceptors (Lipinski definition) is 5. The van der Waals surface area contributed by atoms with Crippen LogP contribution in [0, 0.1) is 4.78 Å². The van der Waals surface area contributed by atoms with E-state index < -0.39 is 11.9 Å². The summed E-state index contributed by atoms with van der Waals surface area (Å²) >= 11 is 2.22. The molecule has 0 fully saturated rings. The molecule has 0 heterocycles. The van der Waals surface area contributed by atoms with Gasteiger partial charge >= 0.3 is 59.1 Å². The third kappa shape index (κ3) is 12.1. The number of rotatable bonds is 2. The minimum atomic E-state index is -1.13. The first-order valence-corrected chi connectivity index (χ1v) is 5.89. The van der Waals surface area contributed by atoms with Gasteiger partial charge in [-0.1, -0.05) is 60.7 Å². The summed E-state index contributed by atoms with van der Waals surface area (Å²) in [6.07, 6.45) is 0. The molecule has 0 aliphatic rings. The van der Waals surface area contributed by atoms with Crippen LogP contribution < -0.4 is 69.3 Å². The van der Waals surface area contributed by atoms with E-state index in [1.807, 2.05) is 0 Å². The van der Waals surface area contributed by atoms with Gasteiger partial charge in [0.2, 0.25) is 0 Å². The van der Waals surface area contributed by atoms with Crippen LogP contribution in [0.3, 0.4) is 0 Å². The van der Waals surface area contributed by atoms with E-state index in [-0.39, 0.29) is 70.2 Å². The Bertz CT molecular complexity index is 492. The number of carboxylic acids is 2. The van der Waals surface area contributed by atoms with Crippen LogP contribution in [0.25, 0.3) is 0 Å². The van der Waals surface area contributed by atoms with E-state index in [0.29, 0.717) is 0 Å². The Morgan fingerprint density at radius 1 is 0.682 bits per heavy atom. The maximum atomic E-state index is 10.1. The maximum absolute atomic E-state index is 10.1. The Balaban J connectivity index is -0.000000273. The van der Waals surface area contributed by atoms with E-state index >= 15 is 0 Å². The van der Waals surface area contributed by atoms with Crippen molar-refractivity contribution in [2.75, 3.05) is 0 Å². The molecule has 2 aromatic rings. The number of carboxylic acid groups (broad SMARTS) is 2. The van der Waals surface area contributed by atoms with Crippen molar-refractivity contribution in [3.63, 3.8) is 0 Å². The average Bonchev–Trinajstić information content (AvgIpc) is 2.51. The first-order chi connectivity index (χ1) is 9.61. The largest absolute Gasteiger partial charge is 1.00 e. The Kier molecular flexibility index (Phi) is 20.3. The second-order valence-corrected chi connectivity index (χ2v) is 3.31. The molecule has 8 heteroatoms. The standard InChI is InChI=1S/2C7H6O2.H3NS.2Na/c2*8-7(9)6-4-2-1-3-5-6;1-2;;/h2*1-5H,(H,8,9);1H,2H2;;/q;;;2*+1/p-2. The smallest absolute Gasteiger partial charge is 0.545 e. The molecule has 0 spiro atoms. The summed E-state index contributed by atoms with van der Waals surface area (Å²) in [6.45, 7) is 0. The van der Waals surface area contributed by atoms with Gasteiger partial charge in [0, 0.05) is 0 Å². The number of benzene rings is 2. The number of nitrogens with one attached hydrogen (secondary N) is 1. The zero-order chi connectivity index (χ0) is 15.4. The van der Waals surface area contributed by atoms with Crippen molar-refractivity contribution in [1.29, 1.82) is 4.78 Å². The maximum Gasteiger partial charge on any atom is 1.00 e. The van der Waals surface area contributed by atoms with Gasteiger partial charge in [-0.2, -0.15) is 0 Å². The number of carbonyl (C=O) groups is 2. The number of carbonyl (C=O) groups excluding carboxylic acids is 2. The molecule has 0 saturated heterocycles. The van der Waals surface area contributed by atoms with E-state index in [2.05, 4.69) is 12.4 Å². The summed E-state index contributed by atoms with van der Waals surface area (Å²) in [5.74, 6) is -2.26. The number of aromatic carboxylic acids is 2. The molecule has 1 N–H and O–H groups in total. The van der Waals surface area contributed by atoms with Crippen LogP contribution in [0.1, 0.15) is 20.7 Å². The predicted molar refractivity (Wildman–Crippen MR) is 74.4 cm³/mol. The summed E-state index contributed by atoms with van der Waals surface area (Å²) in [5.41, 5.74) is 0.440. The Hall–Kier alpha value is -0.470. The third-order valence-corrected chi connectivity index (χ3v) is 2.02. The SMILES string of the molecule is N=[SH2].O=C([O-])c1ccccc1.O=C([O-])c1ccccc1.[Na+].[Na+]. The van der Waals surface area contributed by atoms with Gasteiger partial charge in [0.1, 0.15) is 0 Å². The van der Waals surface area contributed by atoms with Crippen molar-refractivity contribution in [3.05, 3.63) is 71.8 Å². The molecule has 0 amide bonds. The molecule has 0 unspecified atom stereocenters. The molecule has 0 aliphatic heterocycles. The Labute approximate surface area is 178 Å². The van der Waals surface area contributed by atoms with Gasteiger partial charge in [-0.05, 0) is 11.1 Å². The summed E-state index contributed by atoms with van der Waals surface area (Å²) < 4.78 is 5.56. The molecule has 0 bridgehead atoms. The normalized spacial score (nSPS) is 7.50. The molecule has 106 valence electrons. The fourth-order valence-electron chi connectivity index (χ4n) is 1.15. The predicted octanol–water partition coefficient (Wildman–Crippen LogP) is -6.13. The minimum Gasteiger partial charge on any atom is -0.545 e. The summed E-state index contributed by atoms with van der Waals surface area (Å²) in [4.78, 5) is 20.2. The van der Waals surface area contributed by atoms with Crippen LogP contribution in [-0.2, 0) is 12.4 Å². The third-order valence-electron chi connectivity index (χ3n) is 2.02. The Morgan fingerprint density at radius 2 is 0.909 bits per heavy atom. The molecular formula is C14H13NNa2O4S. The van der Waals surface area contributed by atoms with Crippen LogP contribution in [0.15, 0.2) is 60.7 Å². The fraction of sp³-hybridized carbons (Fsp3) is 0. The van der Waals surface area contributed by atoms with Gasteiger partial charge in [0.05, 0.1) is 11.9 Å². The van der Waals surface area contributed by atoms with Crippen molar-refractivity contribution in [2.24, 2.45) is 0 Å². The van der Waals surface area contributed by atoms with Gasteiger partial charge in [0.25, 0.3) is 0 Å². The molecule has 22 heavy (non-hydrogen) atoms. The van der Waals surface area contributed by atoms with Crippen LogP contribution in [0.5, 0.6) is 0 Å². The average molecular weight is 337 g/mol. The van der Waals surface area contributed by atoms with Crippen molar-refractivity contribution in [1.82, 2.24) is 0 Å². The summed E-state index contributed by atoms with van der Waals surface area (Å²) in [7, 11) is 0. The molecule has 0 aromatic heterocycles. The zero-order valence-electron chi connectivity index (χ0n) is 12.4. The minimum absolute atomic E-state index is 0. The molecular weight excluding hydrogens is 324 g/mol. The summed E-state index contributed by atoms with van der Waals surface area (Å²) in [5, 5.41) is 20.2. The molecule has 2 aromatic carbocycles. The van der Waals surface area contributed by atoms with E-state index in [9.17, 15) is 19.8 Å². The monoisotopic (exact) mass is 337 g/mol. The van der Waals surface area contributed by atoms with E-state index in [1.54, 1.807) is 36.4 Å². The quantitative estimate of drug-likeness (QED) is 0.551. The van der Waals surface area contributed by atoms with Gasteiger partial charge in [-0.3, -0.25) is 4.78 Å². The van der Waals surface area contributed by atoms with Crippen molar-refractivity contribution in [3.8, 4) is 0 Å². The number of hydrogen-bond donors (Lipinski definition) is 1. The molecule has 0 aliphatic carbocycles. The van der Waals surface area contributed by atoms with Gasteiger partial charge < -0.3 is 19.8 Å². The molecule has 0 atom stereocenters. The molecule has 0 radical (unpaired) electrons. The van der Waals surface area contributed by atoms with Gasteiger partial charge in [-0.15, -0.1) is 12.4 Å². The first-order valence-electron chi connectivity index (χ1n) is 5.39. The Morgan fingerprint density at radius 3 is 1.05 bits per heavy atom. The van der Waals surface area contributed by atoms with Gasteiger partial charge in [0.15, 0.2) is 0 Å². The van der Waals surface area contributed by atoms with Gasteiger partial charge in [-0.25, -0.2) is 0 Å². The van der Waals surface area contributed by atoms with E-state index in [1.165, 1.54) is 24.3 Å². The second-order valence-electron chi connectivity index (χ2n) is 3.31. The summed E-state index contributed by atoms with van der Waals surface area (Å²) in [6, 6.07) is 16.1. The topological polar surface area (TPSA) is 104 Å². The van der Waals surface area contributed by atoms with Crippen LogP contribution in [0.4, 0.5) is 0 Å². The van der Waals surface area contributed by atoms with Crippen molar-refractivity contribution in [2.45, 2.75) is 0 Å². The van der Waals surface area contributed by atoms with Crippen LogP contribution >= 0.6 is 0 Å². The molecule has 5 nitrogen and oxygen atoms in total. The van der Waals surface area contributed by atoms with Crippen molar-refractivity contribution < 1.29 is 78.9 Å². The van der Waals surface area contributed by atoms with Crippen LogP contribution in [0.2, 0.25) is 0 Å². The molecule has 0 saturated carbocycles. The second kappa shape index (κ2) is 16.9. The fourth-order valence-corrected chi connectivity index (χ4v) is 1.15. The van der Waals surface area contributed by atoms with Crippen molar-refractivity contribution >= 4 is 24.4 Å².